The molecule has 1 saturated carbocycles. The average Bonchev–Trinajstić information content (AvgIpc) is 3.37. The molecule has 12 nitrogen and oxygen atoms in total. The van der Waals surface area contributed by atoms with E-state index in [4.69, 9.17) is 26.3 Å². The first-order valence-corrected chi connectivity index (χ1v) is 18.1. The van der Waals surface area contributed by atoms with Crippen LogP contribution in [0.3, 0.4) is 0 Å². The summed E-state index contributed by atoms with van der Waals surface area (Å²) in [6, 6.07) is 18.0. The fourth-order valence-corrected chi connectivity index (χ4v) is 8.13. The number of amides is 5. The Kier molecular flexibility index (Phi) is 10.5. The highest BCUT2D eigenvalue weighted by Crippen LogP contribution is 2.55. The average molecular weight is 740 g/mol. The van der Waals surface area contributed by atoms with Crippen molar-refractivity contribution in [2.24, 2.45) is 10.8 Å². The van der Waals surface area contributed by atoms with Crippen molar-refractivity contribution in [3.63, 3.8) is 0 Å². The molecule has 0 spiro atoms. The van der Waals surface area contributed by atoms with Crippen LogP contribution in [0.2, 0.25) is 5.02 Å². The summed E-state index contributed by atoms with van der Waals surface area (Å²) in [6.45, 7) is 9.42. The highest BCUT2D eigenvalue weighted by atomic mass is 35.5. The first kappa shape index (κ1) is 37.4. The predicted octanol–water partition coefficient (Wildman–Crippen LogP) is 5.89. The number of imide groups is 2. The van der Waals surface area contributed by atoms with Crippen molar-refractivity contribution in [1.29, 1.82) is 5.26 Å². The van der Waals surface area contributed by atoms with E-state index in [0.717, 1.165) is 36.4 Å². The lowest BCUT2D eigenvalue weighted by atomic mass is 9.49. The van der Waals surface area contributed by atoms with Crippen LogP contribution in [0.5, 0.6) is 11.5 Å². The lowest BCUT2D eigenvalue weighted by molar-refractivity contribution is -0.164. The minimum Gasteiger partial charge on any atom is -0.494 e. The van der Waals surface area contributed by atoms with Crippen molar-refractivity contribution in [3.8, 4) is 17.6 Å². The molecule has 5 amide bonds. The third kappa shape index (κ3) is 7.44. The van der Waals surface area contributed by atoms with Gasteiger partial charge in [0.2, 0.25) is 11.8 Å². The van der Waals surface area contributed by atoms with Crippen molar-refractivity contribution in [2.45, 2.75) is 78.0 Å². The molecule has 3 aliphatic rings. The van der Waals surface area contributed by atoms with Gasteiger partial charge in [0.25, 0.3) is 17.7 Å². The maximum Gasteiger partial charge on any atom is 0.262 e. The van der Waals surface area contributed by atoms with E-state index in [0.29, 0.717) is 34.3 Å². The maximum absolute atomic E-state index is 13.3. The molecular weight excluding hydrogens is 698 g/mol. The molecule has 1 atom stereocenters. The molecule has 0 aromatic heterocycles. The molecular formula is C40H42ClN5O7. The molecule has 1 saturated heterocycles. The Labute approximate surface area is 313 Å². The van der Waals surface area contributed by atoms with Crippen LogP contribution in [0, 0.1) is 22.2 Å². The van der Waals surface area contributed by atoms with Crippen LogP contribution in [0.4, 0.5) is 5.69 Å². The molecule has 276 valence electrons. The summed E-state index contributed by atoms with van der Waals surface area (Å²) in [5.41, 5.74) is 1.51. The molecule has 2 aliphatic heterocycles. The fraction of sp³-hybridized carbons (Fsp3) is 0.400. The summed E-state index contributed by atoms with van der Waals surface area (Å²) in [6.07, 6.45) is 2.51. The van der Waals surface area contributed by atoms with Gasteiger partial charge in [0.05, 0.1) is 28.3 Å². The standard InChI is InChI=1S/C40H42ClN5O7/c1-39(2)37(40(3,4)38(39)53-27-13-10-24(22-42)30(41)21-27)45-33(48)23-8-11-25(12-9-23)43-18-6-5-7-19-52-26-14-15-28-29(20-26)36(51)46(35(28)50)31-16-17-32(47)44-34(31)49/h8-15,20-21,31,37-38,43H,5-7,16-19H2,1-4H3,(H,45,48)(H,44,47,49). The third-order valence-corrected chi connectivity index (χ3v) is 10.7. The van der Waals surface area contributed by atoms with Crippen LogP contribution in [0.25, 0.3) is 0 Å². The Bertz CT molecular complexity index is 1990. The van der Waals surface area contributed by atoms with Crippen molar-refractivity contribution in [3.05, 3.63) is 87.9 Å². The van der Waals surface area contributed by atoms with E-state index in [2.05, 4.69) is 49.7 Å². The number of nitrogens with zero attached hydrogens (tertiary/aromatic N) is 2. The molecule has 3 N–H and O–H groups in total. The van der Waals surface area contributed by atoms with Gasteiger partial charge >= 0.3 is 0 Å². The quantitative estimate of drug-likeness (QED) is 0.143. The second-order valence-electron chi connectivity index (χ2n) is 14.9. The lowest BCUT2D eigenvalue weighted by Gasteiger charge is -2.63. The number of carbonyl (C=O) groups is 5. The maximum atomic E-state index is 13.3. The Morgan fingerprint density at radius 2 is 1.62 bits per heavy atom. The fourth-order valence-electron chi connectivity index (χ4n) is 7.92. The Hall–Kier alpha value is -5.41. The van der Waals surface area contributed by atoms with E-state index in [1.165, 1.54) is 12.1 Å². The number of halogens is 1. The topological polar surface area (TPSA) is 167 Å². The van der Waals surface area contributed by atoms with Crippen molar-refractivity contribution in [1.82, 2.24) is 15.5 Å². The minimum absolute atomic E-state index is 0.0654. The van der Waals surface area contributed by atoms with E-state index in [1.807, 2.05) is 12.1 Å². The van der Waals surface area contributed by atoms with Gasteiger partial charge in [-0.3, -0.25) is 34.2 Å². The summed E-state index contributed by atoms with van der Waals surface area (Å²) < 4.78 is 12.2. The van der Waals surface area contributed by atoms with Crippen LogP contribution < -0.4 is 25.4 Å². The largest absolute Gasteiger partial charge is 0.494 e. The van der Waals surface area contributed by atoms with Crippen molar-refractivity contribution < 1.29 is 33.4 Å². The van der Waals surface area contributed by atoms with E-state index < -0.39 is 29.7 Å². The zero-order valence-electron chi connectivity index (χ0n) is 30.1. The van der Waals surface area contributed by atoms with E-state index in [-0.39, 0.29) is 52.9 Å². The summed E-state index contributed by atoms with van der Waals surface area (Å²) in [5.74, 6) is -1.29. The summed E-state index contributed by atoms with van der Waals surface area (Å²) in [7, 11) is 0. The first-order valence-electron chi connectivity index (χ1n) is 17.7. The molecule has 1 aliphatic carbocycles. The van der Waals surface area contributed by atoms with Gasteiger partial charge in [-0.2, -0.15) is 5.26 Å². The van der Waals surface area contributed by atoms with Crippen LogP contribution in [0.15, 0.2) is 60.7 Å². The van der Waals surface area contributed by atoms with Gasteiger partial charge in [0, 0.05) is 47.2 Å². The molecule has 6 rings (SSSR count). The van der Waals surface area contributed by atoms with Gasteiger partial charge < -0.3 is 20.1 Å². The van der Waals surface area contributed by atoms with E-state index >= 15 is 0 Å². The van der Waals surface area contributed by atoms with E-state index in [9.17, 15) is 24.0 Å². The zero-order chi connectivity index (χ0) is 38.1. The van der Waals surface area contributed by atoms with Gasteiger partial charge in [0.1, 0.15) is 29.7 Å². The number of benzene rings is 3. The van der Waals surface area contributed by atoms with Crippen molar-refractivity contribution >= 4 is 46.8 Å². The number of unbranched alkanes of at least 4 members (excludes halogenated alkanes) is 2. The number of ether oxygens (including phenoxy) is 2. The first-order chi connectivity index (χ1) is 25.2. The minimum atomic E-state index is -1.01. The van der Waals surface area contributed by atoms with Gasteiger partial charge in [0.15, 0.2) is 0 Å². The molecule has 3 aromatic carbocycles. The van der Waals surface area contributed by atoms with Crippen LogP contribution in [-0.2, 0) is 9.59 Å². The highest BCUT2D eigenvalue weighted by molar-refractivity contribution is 6.31. The lowest BCUT2D eigenvalue weighted by Crippen LogP contribution is -2.74. The monoisotopic (exact) mass is 739 g/mol. The molecule has 13 heteroatoms. The number of nitriles is 1. The molecule has 3 aromatic rings. The van der Waals surface area contributed by atoms with Crippen LogP contribution in [-0.4, -0.2) is 65.8 Å². The van der Waals surface area contributed by atoms with E-state index in [1.54, 1.807) is 36.4 Å². The number of hydrogen-bond donors (Lipinski definition) is 3. The second-order valence-corrected chi connectivity index (χ2v) is 15.3. The number of hydrogen-bond acceptors (Lipinski definition) is 9. The van der Waals surface area contributed by atoms with Gasteiger partial charge in [-0.1, -0.05) is 39.3 Å². The molecule has 0 bridgehead atoms. The number of piperidine rings is 1. The molecule has 2 fully saturated rings. The molecule has 53 heavy (non-hydrogen) atoms. The Balaban J connectivity index is 0.911. The van der Waals surface area contributed by atoms with Gasteiger partial charge in [-0.05, 0) is 80.3 Å². The predicted molar refractivity (Wildman–Crippen MR) is 197 cm³/mol. The molecule has 1 unspecified atom stereocenters. The highest BCUT2D eigenvalue weighted by Gasteiger charge is 2.64. The normalized spacial score (nSPS) is 21.2. The number of fused-ring (bicyclic) bond motifs is 1. The number of anilines is 1. The summed E-state index contributed by atoms with van der Waals surface area (Å²) >= 11 is 6.21. The number of nitrogens with one attached hydrogen (secondary N) is 3. The number of carbonyl (C=O) groups excluding carboxylic acids is 5. The Morgan fingerprint density at radius 1 is 0.925 bits per heavy atom. The Morgan fingerprint density at radius 3 is 2.30 bits per heavy atom. The summed E-state index contributed by atoms with van der Waals surface area (Å²) in [4.78, 5) is 63.9. The number of rotatable bonds is 13. The SMILES string of the molecule is CC1(C)C(NC(=O)c2ccc(NCCCCCOc3ccc4c(c3)C(=O)N(C3CCC(=O)NC3=O)C4=O)cc2)C(C)(C)C1Oc1ccc(C#N)c(Cl)c1. The zero-order valence-corrected chi connectivity index (χ0v) is 30.8. The smallest absolute Gasteiger partial charge is 0.262 e. The molecule has 0 radical (unpaired) electrons. The van der Waals surface area contributed by atoms with Crippen LogP contribution >= 0.6 is 11.6 Å². The van der Waals surface area contributed by atoms with Gasteiger partial charge in [-0.25, -0.2) is 0 Å². The molecule has 2 heterocycles. The van der Waals surface area contributed by atoms with Crippen molar-refractivity contribution in [2.75, 3.05) is 18.5 Å². The van der Waals surface area contributed by atoms with Gasteiger partial charge in [-0.15, -0.1) is 0 Å². The van der Waals surface area contributed by atoms with Crippen LogP contribution in [0.1, 0.15) is 96.4 Å². The second kappa shape index (κ2) is 14.9. The summed E-state index contributed by atoms with van der Waals surface area (Å²) in [5, 5.41) is 18.3. The third-order valence-electron chi connectivity index (χ3n) is 10.4.